The van der Waals surface area contributed by atoms with Crippen LogP contribution in [0.1, 0.15) is 26.7 Å². The Morgan fingerprint density at radius 2 is 2.23 bits per heavy atom. The average Bonchev–Trinajstić information content (AvgIpc) is 2.30. The van der Waals surface area contributed by atoms with E-state index in [2.05, 4.69) is 41.7 Å². The SMILES string of the molecule is CN(CCBr)CC1CCC(C)(C)O1. The minimum Gasteiger partial charge on any atom is -0.371 e. The van der Waals surface area contributed by atoms with Crippen molar-refractivity contribution in [2.24, 2.45) is 0 Å². The van der Waals surface area contributed by atoms with E-state index in [-0.39, 0.29) is 5.60 Å². The van der Waals surface area contributed by atoms with E-state index in [0.717, 1.165) is 18.4 Å². The molecule has 0 saturated carbocycles. The van der Waals surface area contributed by atoms with Crippen molar-refractivity contribution >= 4 is 15.9 Å². The van der Waals surface area contributed by atoms with Gasteiger partial charge in [-0.3, -0.25) is 0 Å². The zero-order chi connectivity index (χ0) is 9.90. The first-order valence-corrected chi connectivity index (χ1v) is 6.08. The van der Waals surface area contributed by atoms with Gasteiger partial charge in [-0.2, -0.15) is 0 Å². The molecule has 0 bridgehead atoms. The molecule has 0 radical (unpaired) electrons. The second-order valence-corrected chi connectivity index (χ2v) is 5.28. The summed E-state index contributed by atoms with van der Waals surface area (Å²) in [5, 5.41) is 1.04. The number of rotatable bonds is 4. The predicted molar refractivity (Wildman–Crippen MR) is 59.5 cm³/mol. The van der Waals surface area contributed by atoms with Crippen LogP contribution in [0.3, 0.4) is 0 Å². The molecule has 3 heteroatoms. The van der Waals surface area contributed by atoms with Gasteiger partial charge in [-0.15, -0.1) is 0 Å². The highest BCUT2D eigenvalue weighted by atomic mass is 79.9. The molecule has 1 rings (SSSR count). The van der Waals surface area contributed by atoms with E-state index >= 15 is 0 Å². The summed E-state index contributed by atoms with van der Waals surface area (Å²) in [6, 6.07) is 0. The van der Waals surface area contributed by atoms with E-state index < -0.39 is 0 Å². The topological polar surface area (TPSA) is 12.5 Å². The van der Waals surface area contributed by atoms with E-state index in [1.807, 2.05) is 0 Å². The van der Waals surface area contributed by atoms with E-state index in [0.29, 0.717) is 6.10 Å². The molecule has 0 N–H and O–H groups in total. The lowest BCUT2D eigenvalue weighted by molar-refractivity contribution is -0.0253. The minimum absolute atomic E-state index is 0.111. The van der Waals surface area contributed by atoms with Gasteiger partial charge in [0.1, 0.15) is 0 Å². The van der Waals surface area contributed by atoms with Crippen LogP contribution in [0, 0.1) is 0 Å². The minimum atomic E-state index is 0.111. The van der Waals surface area contributed by atoms with E-state index in [1.165, 1.54) is 12.8 Å². The summed E-state index contributed by atoms with van der Waals surface area (Å²) < 4.78 is 5.91. The summed E-state index contributed by atoms with van der Waals surface area (Å²) in [5.41, 5.74) is 0.111. The van der Waals surface area contributed by atoms with E-state index in [4.69, 9.17) is 4.74 Å². The van der Waals surface area contributed by atoms with Crippen LogP contribution >= 0.6 is 15.9 Å². The molecular weight excluding hydrogens is 230 g/mol. The molecule has 1 fully saturated rings. The van der Waals surface area contributed by atoms with Gasteiger partial charge in [0.2, 0.25) is 0 Å². The number of likely N-dealkylation sites (N-methyl/N-ethyl adjacent to an activating group) is 1. The lowest BCUT2D eigenvalue weighted by Crippen LogP contribution is -2.32. The predicted octanol–water partition coefficient (Wildman–Crippen LogP) is 2.27. The Balaban J connectivity index is 2.24. The van der Waals surface area contributed by atoms with Gasteiger partial charge in [0.15, 0.2) is 0 Å². The van der Waals surface area contributed by atoms with Gasteiger partial charge in [-0.1, -0.05) is 15.9 Å². The van der Waals surface area contributed by atoms with Crippen LogP contribution in [0.25, 0.3) is 0 Å². The first-order chi connectivity index (χ1) is 6.03. The number of halogens is 1. The highest BCUT2D eigenvalue weighted by molar-refractivity contribution is 9.09. The van der Waals surface area contributed by atoms with Crippen LogP contribution in [0.2, 0.25) is 0 Å². The molecular formula is C10H20BrNO. The van der Waals surface area contributed by atoms with Crippen LogP contribution in [0.15, 0.2) is 0 Å². The largest absolute Gasteiger partial charge is 0.371 e. The van der Waals surface area contributed by atoms with Crippen molar-refractivity contribution < 1.29 is 4.74 Å². The molecule has 0 amide bonds. The Bertz CT molecular complexity index is 161. The van der Waals surface area contributed by atoms with Gasteiger partial charge in [0, 0.05) is 18.4 Å². The summed E-state index contributed by atoms with van der Waals surface area (Å²) in [5.74, 6) is 0. The first-order valence-electron chi connectivity index (χ1n) is 4.96. The average molecular weight is 250 g/mol. The standard InChI is InChI=1S/C10H20BrNO/c1-10(2)5-4-9(13-10)8-12(3)7-6-11/h9H,4-8H2,1-3H3. The van der Waals surface area contributed by atoms with Crippen LogP contribution in [-0.2, 0) is 4.74 Å². The summed E-state index contributed by atoms with van der Waals surface area (Å²) >= 11 is 3.44. The van der Waals surface area contributed by atoms with Crippen molar-refractivity contribution in [3.05, 3.63) is 0 Å². The van der Waals surface area contributed by atoms with Crippen LogP contribution < -0.4 is 0 Å². The van der Waals surface area contributed by atoms with Gasteiger partial charge >= 0.3 is 0 Å². The fourth-order valence-corrected chi connectivity index (χ4v) is 2.39. The molecule has 0 aromatic heterocycles. The smallest absolute Gasteiger partial charge is 0.0710 e. The van der Waals surface area contributed by atoms with Crippen LogP contribution in [0.5, 0.6) is 0 Å². The summed E-state index contributed by atoms with van der Waals surface area (Å²) in [6.45, 7) is 6.52. The fourth-order valence-electron chi connectivity index (χ4n) is 1.79. The normalized spacial score (nSPS) is 27.0. The van der Waals surface area contributed by atoms with Crippen LogP contribution in [0.4, 0.5) is 0 Å². The Morgan fingerprint density at radius 1 is 1.54 bits per heavy atom. The molecule has 1 unspecified atom stereocenters. The third-order valence-corrected chi connectivity index (χ3v) is 2.89. The summed E-state index contributed by atoms with van der Waals surface area (Å²) in [6.07, 6.45) is 2.85. The zero-order valence-electron chi connectivity index (χ0n) is 8.85. The Hall–Kier alpha value is 0.400. The zero-order valence-corrected chi connectivity index (χ0v) is 10.4. The molecule has 2 nitrogen and oxygen atoms in total. The Labute approximate surface area is 89.8 Å². The van der Waals surface area contributed by atoms with Crippen molar-refractivity contribution in [2.45, 2.75) is 38.4 Å². The second-order valence-electron chi connectivity index (χ2n) is 4.49. The molecule has 13 heavy (non-hydrogen) atoms. The molecule has 0 aromatic carbocycles. The van der Waals surface area contributed by atoms with Crippen molar-refractivity contribution in [2.75, 3.05) is 25.5 Å². The third-order valence-electron chi connectivity index (χ3n) is 2.54. The maximum Gasteiger partial charge on any atom is 0.0710 e. The molecule has 1 aliphatic heterocycles. The molecule has 0 aromatic rings. The fraction of sp³-hybridized carbons (Fsp3) is 1.00. The maximum absolute atomic E-state index is 5.91. The highest BCUT2D eigenvalue weighted by Gasteiger charge is 2.31. The molecule has 1 aliphatic rings. The molecule has 1 saturated heterocycles. The van der Waals surface area contributed by atoms with Crippen molar-refractivity contribution in [3.8, 4) is 0 Å². The summed E-state index contributed by atoms with van der Waals surface area (Å²) in [4.78, 5) is 2.32. The summed E-state index contributed by atoms with van der Waals surface area (Å²) in [7, 11) is 2.15. The monoisotopic (exact) mass is 249 g/mol. The number of ether oxygens (including phenoxy) is 1. The maximum atomic E-state index is 5.91. The Morgan fingerprint density at radius 3 is 2.69 bits per heavy atom. The first kappa shape index (κ1) is 11.5. The van der Waals surface area contributed by atoms with Crippen molar-refractivity contribution in [1.29, 1.82) is 0 Å². The molecule has 1 heterocycles. The quantitative estimate of drug-likeness (QED) is 0.710. The highest BCUT2D eigenvalue weighted by Crippen LogP contribution is 2.29. The van der Waals surface area contributed by atoms with E-state index in [9.17, 15) is 0 Å². The van der Waals surface area contributed by atoms with Crippen LogP contribution in [-0.4, -0.2) is 42.1 Å². The van der Waals surface area contributed by atoms with Gasteiger partial charge < -0.3 is 9.64 Å². The number of hydrogen-bond acceptors (Lipinski definition) is 2. The van der Waals surface area contributed by atoms with Gasteiger partial charge in [0.05, 0.1) is 11.7 Å². The van der Waals surface area contributed by atoms with Crippen molar-refractivity contribution in [1.82, 2.24) is 4.90 Å². The number of nitrogens with zero attached hydrogens (tertiary/aromatic N) is 1. The van der Waals surface area contributed by atoms with Gasteiger partial charge in [0.25, 0.3) is 0 Å². The molecule has 0 aliphatic carbocycles. The molecule has 0 spiro atoms. The number of hydrogen-bond donors (Lipinski definition) is 0. The Kier molecular flexibility index (Phi) is 4.20. The molecule has 78 valence electrons. The van der Waals surface area contributed by atoms with Gasteiger partial charge in [-0.25, -0.2) is 0 Å². The molecule has 1 atom stereocenters. The second kappa shape index (κ2) is 4.76. The third kappa shape index (κ3) is 3.96. The van der Waals surface area contributed by atoms with E-state index in [1.54, 1.807) is 0 Å². The van der Waals surface area contributed by atoms with Gasteiger partial charge in [-0.05, 0) is 33.7 Å². The lowest BCUT2D eigenvalue weighted by Gasteiger charge is -2.23. The lowest BCUT2D eigenvalue weighted by atomic mass is 10.1. The number of alkyl halides is 1. The van der Waals surface area contributed by atoms with Crippen molar-refractivity contribution in [3.63, 3.8) is 0 Å².